The number of benzene rings is 1. The largest absolute Gasteiger partial charge is 0.484 e. The summed E-state index contributed by atoms with van der Waals surface area (Å²) in [4.78, 5) is 23.5. The number of ketones is 1. The molecule has 1 amide bonds. The molecule has 4 nitrogen and oxygen atoms in total. The molecule has 22 heavy (non-hydrogen) atoms. The SMILES string of the molecule is CCC(=O)c1ccc(OCC(=O)N[C@@H]2CCCC[C@@H]2C)cc1. The Balaban J connectivity index is 1.79. The van der Waals surface area contributed by atoms with Crippen LogP contribution in [0.3, 0.4) is 0 Å². The Hall–Kier alpha value is -1.84. The number of Topliss-reactive ketones (excluding diaryl/α,β-unsaturated/α-hetero) is 1. The Morgan fingerprint density at radius 2 is 1.86 bits per heavy atom. The molecule has 0 aliphatic heterocycles. The minimum absolute atomic E-state index is 0.0181. The van der Waals surface area contributed by atoms with Crippen LogP contribution in [0.15, 0.2) is 24.3 Å². The van der Waals surface area contributed by atoms with Gasteiger partial charge in [0.25, 0.3) is 5.91 Å². The van der Waals surface area contributed by atoms with E-state index in [1.165, 1.54) is 19.3 Å². The zero-order valence-electron chi connectivity index (χ0n) is 13.4. The molecule has 1 fully saturated rings. The molecule has 1 aliphatic carbocycles. The topological polar surface area (TPSA) is 55.4 Å². The van der Waals surface area contributed by atoms with Gasteiger partial charge in [0.05, 0.1) is 0 Å². The lowest BCUT2D eigenvalue weighted by Gasteiger charge is -2.29. The number of ether oxygens (including phenoxy) is 1. The van der Waals surface area contributed by atoms with Crippen LogP contribution in [0.2, 0.25) is 0 Å². The van der Waals surface area contributed by atoms with Gasteiger partial charge in [0.15, 0.2) is 12.4 Å². The normalized spacial score (nSPS) is 21.2. The van der Waals surface area contributed by atoms with E-state index < -0.39 is 0 Å². The Bertz CT molecular complexity index is 510. The molecule has 0 heterocycles. The van der Waals surface area contributed by atoms with E-state index >= 15 is 0 Å². The van der Waals surface area contributed by atoms with Crippen molar-refractivity contribution in [3.63, 3.8) is 0 Å². The van der Waals surface area contributed by atoms with E-state index in [1.807, 2.05) is 6.92 Å². The molecule has 0 bridgehead atoms. The number of rotatable bonds is 6. The van der Waals surface area contributed by atoms with Crippen LogP contribution in [0, 0.1) is 5.92 Å². The minimum atomic E-state index is -0.0764. The molecule has 0 saturated heterocycles. The summed E-state index contributed by atoms with van der Waals surface area (Å²) >= 11 is 0. The molecule has 0 radical (unpaired) electrons. The van der Waals surface area contributed by atoms with Crippen LogP contribution in [0.5, 0.6) is 5.75 Å². The summed E-state index contributed by atoms with van der Waals surface area (Å²) in [6.07, 6.45) is 5.16. The molecule has 0 spiro atoms. The Kier molecular flexibility index (Phi) is 5.99. The molecule has 1 N–H and O–H groups in total. The Morgan fingerprint density at radius 1 is 1.18 bits per heavy atom. The molecule has 2 rings (SSSR count). The summed E-state index contributed by atoms with van der Waals surface area (Å²) in [6.45, 7) is 4.04. The van der Waals surface area contributed by atoms with Crippen molar-refractivity contribution in [1.82, 2.24) is 5.32 Å². The van der Waals surface area contributed by atoms with E-state index in [-0.39, 0.29) is 24.3 Å². The number of nitrogens with one attached hydrogen (secondary N) is 1. The van der Waals surface area contributed by atoms with Gasteiger partial charge >= 0.3 is 0 Å². The average molecular weight is 303 g/mol. The van der Waals surface area contributed by atoms with E-state index in [2.05, 4.69) is 12.2 Å². The highest BCUT2D eigenvalue weighted by molar-refractivity contribution is 5.95. The van der Waals surface area contributed by atoms with Crippen molar-refractivity contribution in [3.8, 4) is 5.75 Å². The molecule has 1 saturated carbocycles. The maximum Gasteiger partial charge on any atom is 0.258 e. The lowest BCUT2D eigenvalue weighted by atomic mass is 9.86. The lowest BCUT2D eigenvalue weighted by molar-refractivity contribution is -0.124. The molecule has 0 unspecified atom stereocenters. The molecule has 4 heteroatoms. The second-order valence-corrected chi connectivity index (χ2v) is 6.03. The van der Waals surface area contributed by atoms with Crippen molar-refractivity contribution in [2.75, 3.05) is 6.61 Å². The van der Waals surface area contributed by atoms with Crippen LogP contribution in [0.4, 0.5) is 0 Å². The van der Waals surface area contributed by atoms with E-state index in [0.29, 0.717) is 23.7 Å². The first kappa shape index (κ1) is 16.5. The fraction of sp³-hybridized carbons (Fsp3) is 0.556. The first-order valence-electron chi connectivity index (χ1n) is 8.15. The smallest absolute Gasteiger partial charge is 0.258 e. The molecule has 0 aromatic heterocycles. The Morgan fingerprint density at radius 3 is 2.50 bits per heavy atom. The molecular formula is C18H25NO3. The van der Waals surface area contributed by atoms with Crippen LogP contribution >= 0.6 is 0 Å². The summed E-state index contributed by atoms with van der Waals surface area (Å²) in [5.41, 5.74) is 0.676. The second kappa shape index (κ2) is 7.97. The first-order valence-corrected chi connectivity index (χ1v) is 8.15. The molecule has 1 aromatic rings. The van der Waals surface area contributed by atoms with Gasteiger partial charge in [-0.1, -0.05) is 26.7 Å². The molecule has 1 aliphatic rings. The standard InChI is InChI=1S/C18H25NO3/c1-3-17(20)14-8-10-15(11-9-14)22-12-18(21)19-16-7-5-4-6-13(16)2/h8-11,13,16H,3-7,12H2,1-2H3,(H,19,21)/t13-,16+/m0/s1. The van der Waals surface area contributed by atoms with Crippen LogP contribution < -0.4 is 10.1 Å². The van der Waals surface area contributed by atoms with Crippen molar-refractivity contribution in [3.05, 3.63) is 29.8 Å². The number of hydrogen-bond donors (Lipinski definition) is 1. The quantitative estimate of drug-likeness (QED) is 0.820. The van der Waals surface area contributed by atoms with Crippen LogP contribution in [0.25, 0.3) is 0 Å². The lowest BCUT2D eigenvalue weighted by Crippen LogP contribution is -2.43. The summed E-state index contributed by atoms with van der Waals surface area (Å²) in [7, 11) is 0. The highest BCUT2D eigenvalue weighted by Gasteiger charge is 2.22. The van der Waals surface area contributed by atoms with Gasteiger partial charge in [-0.05, 0) is 43.0 Å². The summed E-state index contributed by atoms with van der Waals surface area (Å²) in [6, 6.07) is 7.22. The monoisotopic (exact) mass is 303 g/mol. The maximum absolute atomic E-state index is 12.0. The van der Waals surface area contributed by atoms with E-state index in [1.54, 1.807) is 24.3 Å². The zero-order valence-corrected chi connectivity index (χ0v) is 13.4. The summed E-state index contributed by atoms with van der Waals surface area (Å²) in [5, 5.41) is 3.06. The van der Waals surface area contributed by atoms with Gasteiger partial charge in [-0.2, -0.15) is 0 Å². The molecule has 1 aromatic carbocycles. The summed E-state index contributed by atoms with van der Waals surface area (Å²) in [5.74, 6) is 1.18. The average Bonchev–Trinajstić information content (AvgIpc) is 2.55. The number of carbonyl (C=O) groups excluding carboxylic acids is 2. The van der Waals surface area contributed by atoms with Crippen LogP contribution in [-0.2, 0) is 4.79 Å². The van der Waals surface area contributed by atoms with Gasteiger partial charge in [-0.25, -0.2) is 0 Å². The molecule has 120 valence electrons. The van der Waals surface area contributed by atoms with Gasteiger partial charge in [0.2, 0.25) is 0 Å². The number of hydrogen-bond acceptors (Lipinski definition) is 3. The van der Waals surface area contributed by atoms with Crippen molar-refractivity contribution in [1.29, 1.82) is 0 Å². The van der Waals surface area contributed by atoms with E-state index in [9.17, 15) is 9.59 Å². The van der Waals surface area contributed by atoms with Gasteiger partial charge in [0.1, 0.15) is 5.75 Å². The predicted molar refractivity (Wildman–Crippen MR) is 86.1 cm³/mol. The van der Waals surface area contributed by atoms with E-state index in [0.717, 1.165) is 6.42 Å². The van der Waals surface area contributed by atoms with Gasteiger partial charge < -0.3 is 10.1 Å². The maximum atomic E-state index is 12.0. The van der Waals surface area contributed by atoms with Gasteiger partial charge in [-0.3, -0.25) is 9.59 Å². The first-order chi connectivity index (χ1) is 10.6. The third-order valence-electron chi connectivity index (χ3n) is 4.33. The van der Waals surface area contributed by atoms with Crippen LogP contribution in [0.1, 0.15) is 56.3 Å². The molecular weight excluding hydrogens is 278 g/mol. The number of carbonyl (C=O) groups is 2. The molecule has 2 atom stereocenters. The van der Waals surface area contributed by atoms with Crippen LogP contribution in [-0.4, -0.2) is 24.3 Å². The fourth-order valence-corrected chi connectivity index (χ4v) is 2.87. The van der Waals surface area contributed by atoms with Gasteiger partial charge in [0, 0.05) is 18.0 Å². The summed E-state index contributed by atoms with van der Waals surface area (Å²) < 4.78 is 5.49. The highest BCUT2D eigenvalue weighted by Crippen LogP contribution is 2.23. The minimum Gasteiger partial charge on any atom is -0.484 e. The second-order valence-electron chi connectivity index (χ2n) is 6.03. The zero-order chi connectivity index (χ0) is 15.9. The fourth-order valence-electron chi connectivity index (χ4n) is 2.87. The predicted octanol–water partition coefficient (Wildman–Crippen LogP) is 3.35. The Labute approximate surface area is 132 Å². The van der Waals surface area contributed by atoms with Gasteiger partial charge in [-0.15, -0.1) is 0 Å². The highest BCUT2D eigenvalue weighted by atomic mass is 16.5. The third kappa shape index (κ3) is 4.58. The van der Waals surface area contributed by atoms with Crippen molar-refractivity contribution in [2.45, 2.75) is 52.0 Å². The third-order valence-corrected chi connectivity index (χ3v) is 4.33. The number of amides is 1. The van der Waals surface area contributed by atoms with E-state index in [4.69, 9.17) is 4.74 Å². The van der Waals surface area contributed by atoms with Crippen molar-refractivity contribution in [2.24, 2.45) is 5.92 Å². The van der Waals surface area contributed by atoms with Crippen molar-refractivity contribution >= 4 is 11.7 Å². The van der Waals surface area contributed by atoms with Crippen molar-refractivity contribution < 1.29 is 14.3 Å².